The molecule has 0 aliphatic carbocycles. The number of aryl methyl sites for hydroxylation is 1. The predicted octanol–water partition coefficient (Wildman–Crippen LogP) is 2.80. The van der Waals surface area contributed by atoms with Crippen LogP contribution in [0.4, 0.5) is 0 Å². The molecule has 0 amide bonds. The molecular weight excluding hydrogens is 262 g/mol. The molecule has 0 aliphatic heterocycles. The molecule has 0 spiro atoms. The maximum atomic E-state index is 4.46. The number of benzene rings is 1. The van der Waals surface area contributed by atoms with Crippen molar-refractivity contribution in [3.63, 3.8) is 0 Å². The Morgan fingerprint density at radius 1 is 0.952 bits per heavy atom. The second-order valence-corrected chi connectivity index (χ2v) is 4.95. The molecule has 0 saturated heterocycles. The quantitative estimate of drug-likeness (QED) is 0.565. The van der Waals surface area contributed by atoms with Crippen LogP contribution in [0.2, 0.25) is 0 Å². The third-order valence-electron chi connectivity index (χ3n) is 3.50. The molecule has 0 atom stereocenters. The van der Waals surface area contributed by atoms with E-state index in [-0.39, 0.29) is 0 Å². The van der Waals surface area contributed by atoms with Crippen molar-refractivity contribution in [2.75, 3.05) is 0 Å². The van der Waals surface area contributed by atoms with E-state index in [9.17, 15) is 0 Å². The maximum Gasteiger partial charge on any atom is 0.140 e. The zero-order valence-electron chi connectivity index (χ0n) is 11.5. The van der Waals surface area contributed by atoms with Crippen molar-refractivity contribution in [1.82, 2.24) is 24.1 Å². The van der Waals surface area contributed by atoms with Gasteiger partial charge in [-0.05, 0) is 5.56 Å². The van der Waals surface area contributed by atoms with Gasteiger partial charge in [0.05, 0.1) is 11.9 Å². The molecule has 5 heteroatoms. The van der Waals surface area contributed by atoms with Crippen LogP contribution in [0.5, 0.6) is 0 Å². The molecule has 0 N–H and O–H groups in total. The third kappa shape index (κ3) is 2.08. The Hall–Kier alpha value is -2.95. The highest BCUT2D eigenvalue weighted by atomic mass is 15.2. The van der Waals surface area contributed by atoms with Gasteiger partial charge >= 0.3 is 0 Å². The topological polar surface area (TPSA) is 48.0 Å². The van der Waals surface area contributed by atoms with Gasteiger partial charge in [0.2, 0.25) is 0 Å². The van der Waals surface area contributed by atoms with E-state index >= 15 is 0 Å². The summed E-state index contributed by atoms with van der Waals surface area (Å²) < 4.78 is 3.70. The van der Waals surface area contributed by atoms with Crippen LogP contribution in [0.15, 0.2) is 61.4 Å². The van der Waals surface area contributed by atoms with E-state index in [1.807, 2.05) is 36.1 Å². The molecule has 0 unspecified atom stereocenters. The molecule has 102 valence electrons. The van der Waals surface area contributed by atoms with Crippen LogP contribution < -0.4 is 0 Å². The first kappa shape index (κ1) is 11.8. The number of imidazole rings is 1. The van der Waals surface area contributed by atoms with Crippen LogP contribution in [0.1, 0.15) is 0 Å². The van der Waals surface area contributed by atoms with Gasteiger partial charge in [0.15, 0.2) is 0 Å². The minimum atomic E-state index is 0.899. The molecule has 1 aromatic carbocycles. The van der Waals surface area contributed by atoms with E-state index in [0.29, 0.717) is 0 Å². The highest BCUT2D eigenvalue weighted by Gasteiger charge is 2.04. The SMILES string of the molecule is Cn1cc(-c2ccc(-c3cc4nccn4cn3)cc2)cn1. The second kappa shape index (κ2) is 4.56. The summed E-state index contributed by atoms with van der Waals surface area (Å²) in [4.78, 5) is 8.75. The summed E-state index contributed by atoms with van der Waals surface area (Å²) in [6.45, 7) is 0. The van der Waals surface area contributed by atoms with Gasteiger partial charge in [-0.3, -0.25) is 9.08 Å². The number of rotatable bonds is 2. The van der Waals surface area contributed by atoms with Crippen molar-refractivity contribution in [3.8, 4) is 22.4 Å². The molecule has 4 aromatic rings. The van der Waals surface area contributed by atoms with Crippen molar-refractivity contribution in [2.45, 2.75) is 0 Å². The van der Waals surface area contributed by atoms with Crippen molar-refractivity contribution in [1.29, 1.82) is 0 Å². The molecule has 21 heavy (non-hydrogen) atoms. The fraction of sp³-hybridized carbons (Fsp3) is 0.0625. The first-order valence-electron chi connectivity index (χ1n) is 6.68. The summed E-state index contributed by atoms with van der Waals surface area (Å²) in [5, 5.41) is 4.20. The molecule has 0 aliphatic rings. The van der Waals surface area contributed by atoms with Crippen LogP contribution in [0.25, 0.3) is 28.0 Å². The average molecular weight is 275 g/mol. The fourth-order valence-electron chi connectivity index (χ4n) is 2.38. The van der Waals surface area contributed by atoms with Gasteiger partial charge < -0.3 is 0 Å². The first-order valence-corrected chi connectivity index (χ1v) is 6.68. The summed E-state index contributed by atoms with van der Waals surface area (Å²) in [7, 11) is 1.92. The summed E-state index contributed by atoms with van der Waals surface area (Å²) in [6, 6.07) is 10.3. The van der Waals surface area contributed by atoms with E-state index in [1.54, 1.807) is 17.2 Å². The summed E-state index contributed by atoms with van der Waals surface area (Å²) in [6.07, 6.45) is 9.31. The molecule has 0 radical (unpaired) electrons. The molecule has 0 fully saturated rings. The van der Waals surface area contributed by atoms with Gasteiger partial charge in [-0.15, -0.1) is 0 Å². The standard InChI is InChI=1S/C16H13N5/c1-20-10-14(9-19-20)12-2-4-13(5-3-12)15-8-16-17-6-7-21(16)11-18-15/h2-11H,1H3. The van der Waals surface area contributed by atoms with Gasteiger partial charge in [-0.1, -0.05) is 24.3 Å². The average Bonchev–Trinajstić information content (AvgIpc) is 3.15. The maximum absolute atomic E-state index is 4.46. The lowest BCUT2D eigenvalue weighted by atomic mass is 10.1. The molecular formula is C16H13N5. The van der Waals surface area contributed by atoms with Crippen LogP contribution in [0.3, 0.4) is 0 Å². The Balaban J connectivity index is 1.72. The van der Waals surface area contributed by atoms with Gasteiger partial charge in [-0.2, -0.15) is 5.10 Å². The van der Waals surface area contributed by atoms with Crippen molar-refractivity contribution >= 4 is 5.65 Å². The lowest BCUT2D eigenvalue weighted by Gasteiger charge is -2.03. The van der Waals surface area contributed by atoms with Crippen LogP contribution in [0, 0.1) is 0 Å². The summed E-state index contributed by atoms with van der Waals surface area (Å²) >= 11 is 0. The minimum Gasteiger partial charge on any atom is -0.290 e. The zero-order valence-corrected chi connectivity index (χ0v) is 11.5. The molecule has 5 nitrogen and oxygen atoms in total. The number of hydrogen-bond donors (Lipinski definition) is 0. The van der Waals surface area contributed by atoms with Crippen molar-refractivity contribution < 1.29 is 0 Å². The minimum absolute atomic E-state index is 0.899. The van der Waals surface area contributed by atoms with Gasteiger partial charge in [0.1, 0.15) is 12.0 Å². The normalized spacial score (nSPS) is 11.1. The van der Waals surface area contributed by atoms with E-state index in [0.717, 1.165) is 28.0 Å². The van der Waals surface area contributed by atoms with Crippen LogP contribution in [-0.2, 0) is 7.05 Å². The smallest absolute Gasteiger partial charge is 0.140 e. The zero-order chi connectivity index (χ0) is 14.2. The van der Waals surface area contributed by atoms with Crippen LogP contribution in [-0.4, -0.2) is 24.1 Å². The van der Waals surface area contributed by atoms with Gasteiger partial charge in [-0.25, -0.2) is 9.97 Å². The van der Waals surface area contributed by atoms with Crippen molar-refractivity contribution in [2.24, 2.45) is 7.05 Å². The molecule has 4 rings (SSSR count). The molecule has 3 heterocycles. The largest absolute Gasteiger partial charge is 0.290 e. The van der Waals surface area contributed by atoms with E-state index in [1.165, 1.54) is 0 Å². The molecule has 0 bridgehead atoms. The number of nitrogens with zero attached hydrogens (tertiary/aromatic N) is 5. The van der Waals surface area contributed by atoms with Crippen LogP contribution >= 0.6 is 0 Å². The third-order valence-corrected chi connectivity index (χ3v) is 3.50. The van der Waals surface area contributed by atoms with Crippen molar-refractivity contribution in [3.05, 3.63) is 61.4 Å². The lowest BCUT2D eigenvalue weighted by molar-refractivity contribution is 0.768. The Bertz CT molecular complexity index is 902. The summed E-state index contributed by atoms with van der Waals surface area (Å²) in [5.74, 6) is 0. The Morgan fingerprint density at radius 2 is 1.76 bits per heavy atom. The number of aromatic nitrogens is 5. The highest BCUT2D eigenvalue weighted by molar-refractivity contribution is 5.69. The second-order valence-electron chi connectivity index (χ2n) is 4.95. The summed E-state index contributed by atoms with van der Waals surface area (Å²) in [5.41, 5.74) is 5.16. The van der Waals surface area contributed by atoms with E-state index in [4.69, 9.17) is 0 Å². The number of fused-ring (bicyclic) bond motifs is 1. The Kier molecular flexibility index (Phi) is 2.57. The van der Waals surface area contributed by atoms with Gasteiger partial charge in [0.25, 0.3) is 0 Å². The lowest BCUT2D eigenvalue weighted by Crippen LogP contribution is -1.89. The molecule has 3 aromatic heterocycles. The number of hydrogen-bond acceptors (Lipinski definition) is 3. The van der Waals surface area contributed by atoms with Gasteiger partial charge in [0, 0.05) is 42.8 Å². The molecule has 0 saturated carbocycles. The van der Waals surface area contributed by atoms with E-state index < -0.39 is 0 Å². The fourth-order valence-corrected chi connectivity index (χ4v) is 2.38. The highest BCUT2D eigenvalue weighted by Crippen LogP contribution is 2.23. The Morgan fingerprint density at radius 3 is 2.52 bits per heavy atom. The predicted molar refractivity (Wildman–Crippen MR) is 80.6 cm³/mol. The van der Waals surface area contributed by atoms with E-state index in [2.05, 4.69) is 39.3 Å². The monoisotopic (exact) mass is 275 g/mol. The Labute approximate surface area is 121 Å². The first-order chi connectivity index (χ1) is 10.3.